The van der Waals surface area contributed by atoms with Gasteiger partial charge in [-0.3, -0.25) is 0 Å². The van der Waals surface area contributed by atoms with Crippen LogP contribution < -0.4 is 10.6 Å². The average molecular weight is 311 g/mol. The molecule has 0 aromatic heterocycles. The number of carbonyl (C=O) groups excluding carboxylic acids is 1. The maximum absolute atomic E-state index is 13.5. The van der Waals surface area contributed by atoms with E-state index >= 15 is 0 Å². The number of hydrogen-bond acceptors (Lipinski definition) is 1. The topological polar surface area (TPSA) is 41.1 Å². The third kappa shape index (κ3) is 4.43. The second-order valence-corrected chi connectivity index (χ2v) is 4.76. The maximum atomic E-state index is 13.5. The lowest BCUT2D eigenvalue weighted by Crippen LogP contribution is -2.30. The van der Waals surface area contributed by atoms with Gasteiger partial charge in [0.2, 0.25) is 0 Å². The summed E-state index contributed by atoms with van der Waals surface area (Å²) in [5.74, 6) is -0.933. The minimum absolute atomic E-state index is 0.0672. The molecule has 0 atom stereocenters. The fraction of sp³-hybridized carbons (Fsp3) is 0.133. The molecular formula is C15H13ClF2N2O. The lowest BCUT2D eigenvalue weighted by atomic mass is 10.1. The Balaban J connectivity index is 1.85. The number of carbonyl (C=O) groups is 1. The fourth-order valence-electron chi connectivity index (χ4n) is 1.79. The first kappa shape index (κ1) is 15.3. The van der Waals surface area contributed by atoms with Crippen molar-refractivity contribution in [2.24, 2.45) is 0 Å². The average Bonchev–Trinajstić information content (AvgIpc) is 2.43. The van der Waals surface area contributed by atoms with Gasteiger partial charge < -0.3 is 10.6 Å². The van der Waals surface area contributed by atoms with Gasteiger partial charge in [0, 0.05) is 6.54 Å². The van der Waals surface area contributed by atoms with Gasteiger partial charge in [-0.2, -0.15) is 0 Å². The van der Waals surface area contributed by atoms with Crippen LogP contribution in [0.3, 0.4) is 0 Å². The van der Waals surface area contributed by atoms with Crippen LogP contribution in [0.1, 0.15) is 5.56 Å². The van der Waals surface area contributed by atoms with Crippen molar-refractivity contribution in [2.75, 3.05) is 11.9 Å². The van der Waals surface area contributed by atoms with Crippen LogP contribution in [0.5, 0.6) is 0 Å². The fourth-order valence-corrected chi connectivity index (χ4v) is 2.00. The van der Waals surface area contributed by atoms with Gasteiger partial charge in [0.05, 0.1) is 10.7 Å². The molecule has 2 aromatic rings. The normalized spacial score (nSPS) is 10.2. The highest BCUT2D eigenvalue weighted by atomic mass is 35.5. The molecule has 0 aliphatic rings. The highest BCUT2D eigenvalue weighted by Crippen LogP contribution is 2.24. The van der Waals surface area contributed by atoms with Gasteiger partial charge in [0.25, 0.3) is 0 Å². The number of benzene rings is 2. The van der Waals surface area contributed by atoms with Gasteiger partial charge in [-0.05, 0) is 36.2 Å². The molecule has 6 heteroatoms. The lowest BCUT2D eigenvalue weighted by Gasteiger charge is -2.09. The number of hydrogen-bond donors (Lipinski definition) is 2. The van der Waals surface area contributed by atoms with Crippen LogP contribution in [-0.2, 0) is 6.42 Å². The third-order valence-corrected chi connectivity index (χ3v) is 3.10. The first-order valence-electron chi connectivity index (χ1n) is 6.29. The molecule has 0 unspecified atom stereocenters. The number of rotatable bonds is 4. The van der Waals surface area contributed by atoms with Crippen LogP contribution >= 0.6 is 11.6 Å². The predicted octanol–water partition coefficient (Wildman–Crippen LogP) is 3.98. The number of amides is 2. The minimum atomic E-state index is -0.609. The van der Waals surface area contributed by atoms with E-state index in [0.29, 0.717) is 13.0 Å². The van der Waals surface area contributed by atoms with Crippen molar-refractivity contribution >= 4 is 23.3 Å². The van der Waals surface area contributed by atoms with E-state index < -0.39 is 11.8 Å². The van der Waals surface area contributed by atoms with E-state index in [4.69, 9.17) is 11.6 Å². The summed E-state index contributed by atoms with van der Waals surface area (Å²) in [5.41, 5.74) is 0.696. The van der Waals surface area contributed by atoms with Gasteiger partial charge in [0.15, 0.2) is 0 Å². The number of anilines is 1. The molecule has 0 spiro atoms. The molecular weight excluding hydrogens is 298 g/mol. The van der Waals surface area contributed by atoms with Crippen LogP contribution in [0.2, 0.25) is 5.02 Å². The largest absolute Gasteiger partial charge is 0.338 e. The summed E-state index contributed by atoms with van der Waals surface area (Å²) in [6, 6.07) is 9.67. The van der Waals surface area contributed by atoms with E-state index in [2.05, 4.69) is 10.6 Å². The lowest BCUT2D eigenvalue weighted by molar-refractivity contribution is 0.252. The van der Waals surface area contributed by atoms with E-state index in [1.165, 1.54) is 30.3 Å². The van der Waals surface area contributed by atoms with Gasteiger partial charge in [-0.1, -0.05) is 29.8 Å². The van der Waals surface area contributed by atoms with Crippen LogP contribution in [0, 0.1) is 11.6 Å². The second kappa shape index (κ2) is 7.04. The standard InChI is InChI=1S/C15H13ClF2N2O/c16-12-5-2-6-13(18)14(12)20-15(21)19-8-7-10-3-1-4-11(17)9-10/h1-6,9H,7-8H2,(H2,19,20,21). The number of halogens is 3. The van der Waals surface area contributed by atoms with Crippen molar-refractivity contribution in [1.29, 1.82) is 0 Å². The van der Waals surface area contributed by atoms with Crippen molar-refractivity contribution in [2.45, 2.75) is 6.42 Å². The van der Waals surface area contributed by atoms with Crippen molar-refractivity contribution in [3.05, 3.63) is 64.7 Å². The summed E-state index contributed by atoms with van der Waals surface area (Å²) in [6.45, 7) is 0.293. The highest BCUT2D eigenvalue weighted by Gasteiger charge is 2.10. The van der Waals surface area contributed by atoms with Crippen LogP contribution in [0.4, 0.5) is 19.3 Å². The molecule has 2 aromatic carbocycles. The Hall–Kier alpha value is -2.14. The molecule has 2 N–H and O–H groups in total. The highest BCUT2D eigenvalue weighted by molar-refractivity contribution is 6.33. The summed E-state index contributed by atoms with van der Waals surface area (Å²) in [5, 5.41) is 5.02. The zero-order chi connectivity index (χ0) is 15.2. The Morgan fingerprint density at radius 2 is 1.90 bits per heavy atom. The van der Waals surface area contributed by atoms with Gasteiger partial charge in [-0.15, -0.1) is 0 Å². The molecule has 21 heavy (non-hydrogen) atoms. The first-order chi connectivity index (χ1) is 10.1. The smallest absolute Gasteiger partial charge is 0.319 e. The monoisotopic (exact) mass is 310 g/mol. The Kier molecular flexibility index (Phi) is 5.11. The van der Waals surface area contributed by atoms with E-state index in [1.807, 2.05) is 0 Å². The Morgan fingerprint density at radius 1 is 1.14 bits per heavy atom. The second-order valence-electron chi connectivity index (χ2n) is 4.36. The van der Waals surface area contributed by atoms with Crippen LogP contribution in [-0.4, -0.2) is 12.6 Å². The third-order valence-electron chi connectivity index (χ3n) is 2.79. The Bertz CT molecular complexity index is 629. The molecule has 110 valence electrons. The number of urea groups is 1. The van der Waals surface area contributed by atoms with E-state index in [9.17, 15) is 13.6 Å². The van der Waals surface area contributed by atoms with Crippen LogP contribution in [0.15, 0.2) is 42.5 Å². The molecule has 0 aliphatic carbocycles. The molecule has 0 aliphatic heterocycles. The number of nitrogens with one attached hydrogen (secondary N) is 2. The molecule has 0 fully saturated rings. The van der Waals surface area contributed by atoms with Crippen molar-refractivity contribution < 1.29 is 13.6 Å². The Morgan fingerprint density at radius 3 is 2.62 bits per heavy atom. The summed E-state index contributed by atoms with van der Waals surface area (Å²) >= 11 is 5.80. The van der Waals surface area contributed by atoms with E-state index in [0.717, 1.165) is 5.56 Å². The molecule has 0 heterocycles. The zero-order valence-corrected chi connectivity index (χ0v) is 11.8. The maximum Gasteiger partial charge on any atom is 0.319 e. The molecule has 0 saturated carbocycles. The summed E-state index contributed by atoms with van der Waals surface area (Å²) in [4.78, 5) is 11.7. The molecule has 0 radical (unpaired) electrons. The SMILES string of the molecule is O=C(NCCc1cccc(F)c1)Nc1c(F)cccc1Cl. The van der Waals surface area contributed by atoms with Gasteiger partial charge in [0.1, 0.15) is 11.6 Å². The van der Waals surface area contributed by atoms with Gasteiger partial charge >= 0.3 is 6.03 Å². The summed E-state index contributed by atoms with van der Waals surface area (Å²) in [7, 11) is 0. The minimum Gasteiger partial charge on any atom is -0.338 e. The summed E-state index contributed by atoms with van der Waals surface area (Å²) < 4.78 is 26.4. The van der Waals surface area contributed by atoms with Crippen molar-refractivity contribution in [3.8, 4) is 0 Å². The molecule has 0 bridgehead atoms. The van der Waals surface area contributed by atoms with E-state index in [-0.39, 0.29) is 16.5 Å². The quantitative estimate of drug-likeness (QED) is 0.881. The summed E-state index contributed by atoms with van der Waals surface area (Å²) in [6.07, 6.45) is 0.468. The molecule has 0 saturated heterocycles. The molecule has 2 amide bonds. The zero-order valence-electron chi connectivity index (χ0n) is 11.0. The number of para-hydroxylation sites is 1. The molecule has 3 nitrogen and oxygen atoms in total. The van der Waals surface area contributed by atoms with Gasteiger partial charge in [-0.25, -0.2) is 13.6 Å². The molecule has 2 rings (SSSR count). The van der Waals surface area contributed by atoms with E-state index in [1.54, 1.807) is 12.1 Å². The van der Waals surface area contributed by atoms with Crippen LogP contribution in [0.25, 0.3) is 0 Å². The van der Waals surface area contributed by atoms with Crippen molar-refractivity contribution in [3.63, 3.8) is 0 Å². The van der Waals surface area contributed by atoms with Crippen molar-refractivity contribution in [1.82, 2.24) is 5.32 Å². The first-order valence-corrected chi connectivity index (χ1v) is 6.67. The predicted molar refractivity (Wildman–Crippen MR) is 78.5 cm³/mol. The Labute approximate surface area is 125 Å².